The molecule has 3 saturated heterocycles. The first-order valence-corrected chi connectivity index (χ1v) is 8.84. The fourth-order valence-corrected chi connectivity index (χ4v) is 3.95. The van der Waals surface area contributed by atoms with Crippen molar-refractivity contribution in [2.45, 2.75) is 18.4 Å². The molecule has 4 heterocycles. The van der Waals surface area contributed by atoms with Crippen LogP contribution >= 0.6 is 0 Å². The Morgan fingerprint density at radius 1 is 1.16 bits per heavy atom. The average Bonchev–Trinajstić information content (AvgIpc) is 3.05. The quantitative estimate of drug-likeness (QED) is 0.801. The number of carbonyl (C=O) groups is 2. The summed E-state index contributed by atoms with van der Waals surface area (Å²) < 4.78 is 11.3. The largest absolute Gasteiger partial charge is 0.378 e. The Morgan fingerprint density at radius 2 is 1.88 bits per heavy atom. The lowest BCUT2D eigenvalue weighted by atomic mass is 9.85. The maximum Gasteiger partial charge on any atom is 0.254 e. The summed E-state index contributed by atoms with van der Waals surface area (Å²) in [4.78, 5) is 32.4. The van der Waals surface area contributed by atoms with Gasteiger partial charge in [0.2, 0.25) is 5.91 Å². The minimum Gasteiger partial charge on any atom is -0.378 e. The van der Waals surface area contributed by atoms with Crippen LogP contribution in [0.2, 0.25) is 0 Å². The molecule has 4 rings (SSSR count). The second-order valence-electron chi connectivity index (χ2n) is 7.16. The van der Waals surface area contributed by atoms with Crippen LogP contribution < -0.4 is 0 Å². The third-order valence-electron chi connectivity index (χ3n) is 5.29. The van der Waals surface area contributed by atoms with Crippen LogP contribution in [0.25, 0.3) is 0 Å². The molecule has 1 aromatic rings. The monoisotopic (exact) mass is 345 g/mol. The van der Waals surface area contributed by atoms with Gasteiger partial charge in [-0.05, 0) is 24.5 Å². The molecule has 3 fully saturated rings. The van der Waals surface area contributed by atoms with Crippen molar-refractivity contribution in [2.24, 2.45) is 5.92 Å². The van der Waals surface area contributed by atoms with Crippen LogP contribution in [0.1, 0.15) is 23.2 Å². The SMILES string of the molecule is O=C(CC1COC2(C1)CN(C(=O)c1ccncc1)C2)N1CCOCC1. The first-order valence-electron chi connectivity index (χ1n) is 8.84. The lowest BCUT2D eigenvalue weighted by molar-refractivity contribution is -0.136. The molecule has 3 aliphatic rings. The van der Waals surface area contributed by atoms with Gasteiger partial charge in [-0.25, -0.2) is 0 Å². The van der Waals surface area contributed by atoms with Crippen molar-refractivity contribution < 1.29 is 19.1 Å². The second-order valence-corrected chi connectivity index (χ2v) is 7.16. The number of ether oxygens (including phenoxy) is 2. The Hall–Kier alpha value is -1.99. The van der Waals surface area contributed by atoms with Gasteiger partial charge in [0, 0.05) is 37.5 Å². The van der Waals surface area contributed by atoms with Gasteiger partial charge < -0.3 is 19.3 Å². The molecule has 2 amide bonds. The maximum atomic E-state index is 12.4. The molecule has 3 aliphatic heterocycles. The predicted molar refractivity (Wildman–Crippen MR) is 88.9 cm³/mol. The summed E-state index contributed by atoms with van der Waals surface area (Å²) in [5.41, 5.74) is 0.403. The fourth-order valence-electron chi connectivity index (χ4n) is 3.95. The van der Waals surface area contributed by atoms with Gasteiger partial charge in [0.25, 0.3) is 5.91 Å². The highest BCUT2D eigenvalue weighted by atomic mass is 16.5. The number of carbonyl (C=O) groups excluding carboxylic acids is 2. The smallest absolute Gasteiger partial charge is 0.254 e. The van der Waals surface area contributed by atoms with Crippen LogP contribution in [-0.2, 0) is 14.3 Å². The minimum absolute atomic E-state index is 0.0180. The highest BCUT2D eigenvalue weighted by molar-refractivity contribution is 5.94. The van der Waals surface area contributed by atoms with Crippen molar-refractivity contribution in [3.05, 3.63) is 30.1 Å². The molecule has 0 radical (unpaired) electrons. The lowest BCUT2D eigenvalue weighted by Crippen LogP contribution is -2.63. The van der Waals surface area contributed by atoms with Crippen molar-refractivity contribution in [2.75, 3.05) is 46.0 Å². The summed E-state index contributed by atoms with van der Waals surface area (Å²) in [6.45, 7) is 4.45. The van der Waals surface area contributed by atoms with Crippen LogP contribution in [-0.4, -0.2) is 78.2 Å². The van der Waals surface area contributed by atoms with E-state index in [-0.39, 0.29) is 23.3 Å². The molecule has 0 N–H and O–H groups in total. The number of rotatable bonds is 3. The van der Waals surface area contributed by atoms with Crippen molar-refractivity contribution in [1.29, 1.82) is 0 Å². The van der Waals surface area contributed by atoms with E-state index in [4.69, 9.17) is 9.47 Å². The van der Waals surface area contributed by atoms with Gasteiger partial charge in [-0.3, -0.25) is 14.6 Å². The van der Waals surface area contributed by atoms with Crippen LogP contribution in [0.4, 0.5) is 0 Å². The maximum absolute atomic E-state index is 12.4. The third kappa shape index (κ3) is 3.39. The standard InChI is InChI=1S/C18H23N3O4/c22-16(20-5-7-24-8-6-20)9-14-10-18(25-11-14)12-21(13-18)17(23)15-1-3-19-4-2-15/h1-4,14H,5-13H2. The Kier molecular flexibility index (Phi) is 4.43. The van der Waals surface area contributed by atoms with Crippen molar-refractivity contribution in [1.82, 2.24) is 14.8 Å². The molecular weight excluding hydrogens is 322 g/mol. The van der Waals surface area contributed by atoms with E-state index in [1.807, 2.05) is 9.80 Å². The zero-order valence-corrected chi connectivity index (χ0v) is 14.2. The zero-order chi connectivity index (χ0) is 17.3. The van der Waals surface area contributed by atoms with Crippen LogP contribution in [0.3, 0.4) is 0 Å². The van der Waals surface area contributed by atoms with Gasteiger partial charge >= 0.3 is 0 Å². The first kappa shape index (κ1) is 16.5. The highest BCUT2D eigenvalue weighted by Gasteiger charge is 2.51. The Morgan fingerprint density at radius 3 is 2.60 bits per heavy atom. The average molecular weight is 345 g/mol. The van der Waals surface area contributed by atoms with Crippen molar-refractivity contribution in [3.63, 3.8) is 0 Å². The third-order valence-corrected chi connectivity index (χ3v) is 5.29. The zero-order valence-electron chi connectivity index (χ0n) is 14.2. The van der Waals surface area contributed by atoms with Gasteiger partial charge in [0.05, 0.1) is 32.9 Å². The van der Waals surface area contributed by atoms with E-state index in [9.17, 15) is 9.59 Å². The molecule has 0 bridgehead atoms. The molecule has 25 heavy (non-hydrogen) atoms. The Bertz CT molecular complexity index is 639. The van der Waals surface area contributed by atoms with Crippen molar-refractivity contribution >= 4 is 11.8 Å². The molecule has 134 valence electrons. The number of pyridine rings is 1. The van der Waals surface area contributed by atoms with E-state index in [0.717, 1.165) is 6.42 Å². The molecule has 1 atom stereocenters. The Balaban J connectivity index is 1.27. The summed E-state index contributed by atoms with van der Waals surface area (Å²) >= 11 is 0. The van der Waals surface area contributed by atoms with E-state index in [1.54, 1.807) is 24.5 Å². The van der Waals surface area contributed by atoms with Crippen molar-refractivity contribution in [3.8, 4) is 0 Å². The molecule has 1 spiro atoms. The number of hydrogen-bond donors (Lipinski definition) is 0. The number of likely N-dealkylation sites (tertiary alicyclic amines) is 1. The molecule has 0 aromatic carbocycles. The first-order chi connectivity index (χ1) is 12.2. The molecule has 1 unspecified atom stereocenters. The predicted octanol–water partition coefficient (Wildman–Crippen LogP) is 0.562. The van der Waals surface area contributed by atoms with E-state index >= 15 is 0 Å². The van der Waals surface area contributed by atoms with Gasteiger partial charge in [-0.15, -0.1) is 0 Å². The van der Waals surface area contributed by atoms with Crippen LogP contribution in [0.5, 0.6) is 0 Å². The molecule has 1 aromatic heterocycles. The number of morpholine rings is 1. The number of amides is 2. The summed E-state index contributed by atoms with van der Waals surface area (Å²) in [7, 11) is 0. The lowest BCUT2D eigenvalue weighted by Gasteiger charge is -2.47. The molecule has 7 heteroatoms. The van der Waals surface area contributed by atoms with Crippen LogP contribution in [0, 0.1) is 5.92 Å². The molecule has 7 nitrogen and oxygen atoms in total. The normalized spacial score (nSPS) is 25.0. The van der Waals surface area contributed by atoms with Crippen LogP contribution in [0.15, 0.2) is 24.5 Å². The molecule has 0 aliphatic carbocycles. The van der Waals surface area contributed by atoms with Gasteiger partial charge in [0.15, 0.2) is 0 Å². The molecular formula is C18H23N3O4. The Labute approximate surface area is 146 Å². The van der Waals surface area contributed by atoms with Gasteiger partial charge in [-0.1, -0.05) is 0 Å². The number of hydrogen-bond acceptors (Lipinski definition) is 5. The van der Waals surface area contributed by atoms with E-state index in [0.29, 0.717) is 58.0 Å². The van der Waals surface area contributed by atoms with E-state index in [2.05, 4.69) is 4.98 Å². The molecule has 0 saturated carbocycles. The van der Waals surface area contributed by atoms with E-state index in [1.165, 1.54) is 0 Å². The number of aromatic nitrogens is 1. The topological polar surface area (TPSA) is 72.0 Å². The minimum atomic E-state index is -0.251. The summed E-state index contributed by atoms with van der Waals surface area (Å²) in [6.07, 6.45) is 4.63. The van der Waals surface area contributed by atoms with E-state index < -0.39 is 0 Å². The van der Waals surface area contributed by atoms with Gasteiger partial charge in [-0.2, -0.15) is 0 Å². The fraction of sp³-hybridized carbons (Fsp3) is 0.611. The summed E-state index contributed by atoms with van der Waals surface area (Å²) in [5.74, 6) is 0.455. The summed E-state index contributed by atoms with van der Waals surface area (Å²) in [6, 6.07) is 3.46. The second kappa shape index (κ2) is 6.72. The summed E-state index contributed by atoms with van der Waals surface area (Å²) in [5, 5.41) is 0. The van der Waals surface area contributed by atoms with Gasteiger partial charge in [0.1, 0.15) is 5.60 Å². The highest BCUT2D eigenvalue weighted by Crippen LogP contribution is 2.39. The number of nitrogens with zero attached hydrogens (tertiary/aromatic N) is 3.